The van der Waals surface area contributed by atoms with Crippen molar-refractivity contribution in [2.45, 2.75) is 32.6 Å². The Kier molecular flexibility index (Phi) is 5.93. The van der Waals surface area contributed by atoms with Gasteiger partial charge in [-0.25, -0.2) is 0 Å². The fourth-order valence-corrected chi connectivity index (χ4v) is 4.41. The van der Waals surface area contributed by atoms with Gasteiger partial charge in [-0.05, 0) is 56.4 Å². The molecule has 1 aromatic heterocycles. The van der Waals surface area contributed by atoms with Crippen LogP contribution in [0.25, 0.3) is 0 Å². The number of likely N-dealkylation sites (N-methyl/N-ethyl adjacent to an activating group) is 1. The summed E-state index contributed by atoms with van der Waals surface area (Å²) in [6.45, 7) is 2.40. The van der Waals surface area contributed by atoms with Gasteiger partial charge in [-0.15, -0.1) is 11.3 Å². The molecule has 1 N–H and O–H groups in total. The lowest BCUT2D eigenvalue weighted by atomic mass is 9.99. The molecule has 0 saturated carbocycles. The second-order valence-electron chi connectivity index (χ2n) is 6.33. The average molecular weight is 372 g/mol. The molecule has 3 rings (SSSR count). The van der Waals surface area contributed by atoms with Gasteiger partial charge < -0.3 is 15.0 Å². The molecule has 26 heavy (non-hydrogen) atoms. The number of para-hydroxylation sites is 2. The van der Waals surface area contributed by atoms with Gasteiger partial charge in [0.1, 0.15) is 12.3 Å². The molecule has 1 heterocycles. The van der Waals surface area contributed by atoms with Crippen molar-refractivity contribution in [1.29, 1.82) is 0 Å². The van der Waals surface area contributed by atoms with Crippen molar-refractivity contribution < 1.29 is 14.3 Å². The number of amides is 2. The number of rotatable bonds is 6. The molecule has 0 atom stereocenters. The highest BCUT2D eigenvalue weighted by Gasteiger charge is 2.22. The maximum atomic E-state index is 12.8. The molecule has 0 saturated heterocycles. The summed E-state index contributed by atoms with van der Waals surface area (Å²) in [5.41, 5.74) is 1.91. The van der Waals surface area contributed by atoms with Crippen LogP contribution in [0.1, 0.15) is 39.9 Å². The first-order valence-corrected chi connectivity index (χ1v) is 9.77. The van der Waals surface area contributed by atoms with Gasteiger partial charge in [-0.1, -0.05) is 12.1 Å². The molecule has 6 heteroatoms. The Morgan fingerprint density at radius 1 is 1.23 bits per heavy atom. The van der Waals surface area contributed by atoms with Crippen molar-refractivity contribution >= 4 is 28.8 Å². The third-order valence-corrected chi connectivity index (χ3v) is 5.82. The van der Waals surface area contributed by atoms with Crippen LogP contribution in [0.3, 0.4) is 0 Å². The molecule has 1 aliphatic rings. The third kappa shape index (κ3) is 4.07. The lowest BCUT2D eigenvalue weighted by molar-refractivity contribution is -0.116. The van der Waals surface area contributed by atoms with E-state index in [4.69, 9.17) is 4.74 Å². The summed E-state index contributed by atoms with van der Waals surface area (Å²) < 4.78 is 5.25. The average Bonchev–Trinajstić information content (AvgIpc) is 3.10. The van der Waals surface area contributed by atoms with E-state index < -0.39 is 0 Å². The van der Waals surface area contributed by atoms with Crippen LogP contribution in [0, 0.1) is 0 Å². The van der Waals surface area contributed by atoms with Gasteiger partial charge in [0.15, 0.2) is 0 Å². The summed E-state index contributed by atoms with van der Waals surface area (Å²) in [4.78, 5) is 28.9. The van der Waals surface area contributed by atoms with Crippen molar-refractivity contribution in [2.24, 2.45) is 0 Å². The highest BCUT2D eigenvalue weighted by atomic mass is 32.1. The Balaban J connectivity index is 1.67. The maximum absolute atomic E-state index is 12.8. The number of nitrogens with one attached hydrogen (secondary N) is 1. The van der Waals surface area contributed by atoms with Crippen molar-refractivity contribution in [3.05, 3.63) is 45.6 Å². The predicted octanol–water partition coefficient (Wildman–Crippen LogP) is 3.74. The number of nitrogens with zero attached hydrogens (tertiary/aromatic N) is 1. The van der Waals surface area contributed by atoms with Crippen LogP contribution in [-0.4, -0.2) is 36.9 Å². The Morgan fingerprint density at radius 2 is 2.00 bits per heavy atom. The van der Waals surface area contributed by atoms with Crippen molar-refractivity contribution in [3.63, 3.8) is 0 Å². The molecular formula is C20H24N2O3S. The maximum Gasteiger partial charge on any atom is 0.264 e. The van der Waals surface area contributed by atoms with Crippen molar-refractivity contribution in [3.8, 4) is 5.75 Å². The Bertz CT molecular complexity index is 777. The van der Waals surface area contributed by atoms with Crippen LogP contribution in [0.4, 0.5) is 5.69 Å². The van der Waals surface area contributed by atoms with Crippen LogP contribution >= 0.6 is 11.3 Å². The quantitative estimate of drug-likeness (QED) is 0.840. The van der Waals surface area contributed by atoms with Crippen molar-refractivity contribution in [1.82, 2.24) is 4.90 Å². The fraction of sp³-hybridized carbons (Fsp3) is 0.400. The second-order valence-corrected chi connectivity index (χ2v) is 7.47. The zero-order chi connectivity index (χ0) is 18.5. The van der Waals surface area contributed by atoms with Gasteiger partial charge in [-0.2, -0.15) is 0 Å². The molecule has 1 aliphatic carbocycles. The van der Waals surface area contributed by atoms with Gasteiger partial charge >= 0.3 is 0 Å². The zero-order valence-electron chi connectivity index (χ0n) is 15.2. The largest absolute Gasteiger partial charge is 0.495 e. The van der Waals surface area contributed by atoms with Crippen LogP contribution in [-0.2, 0) is 17.6 Å². The molecule has 138 valence electrons. The Labute approximate surface area is 158 Å². The number of hydrogen-bond donors (Lipinski definition) is 1. The minimum absolute atomic E-state index is 0.0238. The summed E-state index contributed by atoms with van der Waals surface area (Å²) in [5, 5.41) is 2.83. The highest BCUT2D eigenvalue weighted by molar-refractivity contribution is 7.14. The van der Waals surface area contributed by atoms with Gasteiger partial charge in [0, 0.05) is 11.4 Å². The summed E-state index contributed by atoms with van der Waals surface area (Å²) >= 11 is 1.58. The SMILES string of the molecule is CCN(CC(=O)Nc1ccccc1OC)C(=O)c1cc2c(s1)CCCC2. The molecule has 0 aliphatic heterocycles. The first kappa shape index (κ1) is 18.5. The molecule has 5 nitrogen and oxygen atoms in total. The number of methoxy groups -OCH3 is 1. The molecule has 2 aromatic rings. The van der Waals surface area contributed by atoms with Gasteiger partial charge in [0.25, 0.3) is 5.91 Å². The monoisotopic (exact) mass is 372 g/mol. The molecule has 0 bridgehead atoms. The number of hydrogen-bond acceptors (Lipinski definition) is 4. The van der Waals surface area contributed by atoms with Crippen LogP contribution in [0.15, 0.2) is 30.3 Å². The number of fused-ring (bicyclic) bond motifs is 1. The first-order chi connectivity index (χ1) is 12.6. The summed E-state index contributed by atoms with van der Waals surface area (Å²) in [6, 6.07) is 9.25. The number of anilines is 1. The Hall–Kier alpha value is -2.34. The lowest BCUT2D eigenvalue weighted by Crippen LogP contribution is -2.37. The van der Waals surface area contributed by atoms with Gasteiger partial charge in [0.2, 0.25) is 5.91 Å². The second kappa shape index (κ2) is 8.36. The van der Waals surface area contributed by atoms with E-state index in [1.165, 1.54) is 23.3 Å². The number of carbonyl (C=O) groups is 2. The molecule has 2 amide bonds. The van der Waals surface area contributed by atoms with Gasteiger partial charge in [0.05, 0.1) is 17.7 Å². The normalized spacial score (nSPS) is 13.0. The van der Waals surface area contributed by atoms with E-state index >= 15 is 0 Å². The van der Waals surface area contributed by atoms with Gasteiger partial charge in [-0.3, -0.25) is 9.59 Å². The summed E-state index contributed by atoms with van der Waals surface area (Å²) in [7, 11) is 1.56. The molecular weight excluding hydrogens is 348 g/mol. The predicted molar refractivity (Wildman–Crippen MR) is 104 cm³/mol. The topological polar surface area (TPSA) is 58.6 Å². The zero-order valence-corrected chi connectivity index (χ0v) is 16.0. The summed E-state index contributed by atoms with van der Waals surface area (Å²) in [5.74, 6) is 0.300. The van der Waals surface area contributed by atoms with Crippen LogP contribution < -0.4 is 10.1 Å². The minimum atomic E-state index is -0.231. The standard InChI is InChI=1S/C20H24N2O3S/c1-3-22(13-19(23)21-15-9-5-6-10-16(15)25-2)20(24)18-12-14-8-4-7-11-17(14)26-18/h5-6,9-10,12H,3-4,7-8,11,13H2,1-2H3,(H,21,23). The van der Waals surface area contributed by atoms with Crippen molar-refractivity contribution in [2.75, 3.05) is 25.5 Å². The smallest absolute Gasteiger partial charge is 0.264 e. The third-order valence-electron chi connectivity index (χ3n) is 4.59. The van der Waals surface area contributed by atoms with Crippen LogP contribution in [0.5, 0.6) is 5.75 Å². The van der Waals surface area contributed by atoms with E-state index in [1.807, 2.05) is 25.1 Å². The van der Waals surface area contributed by atoms with E-state index in [0.29, 0.717) is 18.0 Å². The molecule has 0 unspecified atom stereocenters. The minimum Gasteiger partial charge on any atom is -0.495 e. The summed E-state index contributed by atoms with van der Waals surface area (Å²) in [6.07, 6.45) is 4.50. The Morgan fingerprint density at radius 3 is 2.73 bits per heavy atom. The van der Waals surface area contributed by atoms with E-state index in [2.05, 4.69) is 5.32 Å². The molecule has 0 spiro atoms. The van der Waals surface area contributed by atoms with E-state index in [9.17, 15) is 9.59 Å². The number of ether oxygens (including phenoxy) is 1. The molecule has 0 fully saturated rings. The molecule has 0 radical (unpaired) electrons. The van der Waals surface area contributed by atoms with E-state index in [1.54, 1.807) is 35.5 Å². The first-order valence-electron chi connectivity index (χ1n) is 8.96. The number of thiophene rings is 1. The number of aryl methyl sites for hydroxylation is 2. The van der Waals surface area contributed by atoms with Crippen LogP contribution in [0.2, 0.25) is 0 Å². The fourth-order valence-electron chi connectivity index (χ4n) is 3.19. The lowest BCUT2D eigenvalue weighted by Gasteiger charge is -2.20. The number of benzene rings is 1. The molecule has 1 aromatic carbocycles. The highest BCUT2D eigenvalue weighted by Crippen LogP contribution is 2.30. The van der Waals surface area contributed by atoms with E-state index in [0.717, 1.165) is 17.7 Å². The number of carbonyl (C=O) groups excluding carboxylic acids is 2. The van der Waals surface area contributed by atoms with E-state index in [-0.39, 0.29) is 18.4 Å².